The highest BCUT2D eigenvalue weighted by atomic mass is 16.5. The minimum atomic E-state index is 0.343. The van der Waals surface area contributed by atoms with E-state index in [0.717, 1.165) is 37.9 Å². The highest BCUT2D eigenvalue weighted by Gasteiger charge is 2.36. The van der Waals surface area contributed by atoms with Gasteiger partial charge in [-0.05, 0) is 19.1 Å². The summed E-state index contributed by atoms with van der Waals surface area (Å²) in [6.07, 6.45) is 2.09. The number of hydrogen-bond acceptors (Lipinski definition) is 4. The van der Waals surface area contributed by atoms with Crippen LogP contribution >= 0.6 is 0 Å². The number of aromatic nitrogens is 4. The number of nitrogens with one attached hydrogen (secondary N) is 1. The standard InChI is InChI=1S/C15H23N5O/c1-11-16-15(18-17-11)14-9-20(7-12(14)10-21-3)8-13-5-4-6-19(13)2/h4-6,12,14H,7-10H2,1-3H3,(H,16,17,18)/t12-,14+/m0/s1. The van der Waals surface area contributed by atoms with Crippen LogP contribution in [0.3, 0.4) is 0 Å². The average Bonchev–Trinajstić information content (AvgIpc) is 3.13. The highest BCUT2D eigenvalue weighted by molar-refractivity contribution is 5.09. The van der Waals surface area contributed by atoms with Crippen LogP contribution in [0.15, 0.2) is 18.3 Å². The number of rotatable bonds is 5. The molecule has 1 N–H and O–H groups in total. The number of H-pyrrole nitrogens is 1. The van der Waals surface area contributed by atoms with Crippen LogP contribution in [-0.2, 0) is 18.3 Å². The fourth-order valence-electron chi connectivity index (χ4n) is 3.18. The molecule has 21 heavy (non-hydrogen) atoms. The second-order valence-corrected chi connectivity index (χ2v) is 5.91. The molecule has 3 heterocycles. The second-order valence-electron chi connectivity index (χ2n) is 5.91. The van der Waals surface area contributed by atoms with Gasteiger partial charge in [0.25, 0.3) is 0 Å². The third-order valence-corrected chi connectivity index (χ3v) is 4.28. The SMILES string of the molecule is COC[C@@H]1CN(Cc2cccn2C)C[C@H]1c1n[nH]c(C)n1. The average molecular weight is 289 g/mol. The van der Waals surface area contributed by atoms with Crippen molar-refractivity contribution in [2.75, 3.05) is 26.8 Å². The molecule has 0 radical (unpaired) electrons. The van der Waals surface area contributed by atoms with Crippen LogP contribution in [0.5, 0.6) is 0 Å². The first kappa shape index (κ1) is 14.3. The van der Waals surface area contributed by atoms with Gasteiger partial charge in [-0.2, -0.15) is 5.10 Å². The highest BCUT2D eigenvalue weighted by Crippen LogP contribution is 2.31. The molecular formula is C15H23N5O. The summed E-state index contributed by atoms with van der Waals surface area (Å²) in [4.78, 5) is 6.99. The Morgan fingerprint density at radius 2 is 2.29 bits per heavy atom. The van der Waals surface area contributed by atoms with E-state index in [-0.39, 0.29) is 0 Å². The van der Waals surface area contributed by atoms with Crippen LogP contribution in [0.2, 0.25) is 0 Å². The Bertz CT molecular complexity index is 590. The van der Waals surface area contributed by atoms with Gasteiger partial charge in [0.1, 0.15) is 5.82 Å². The lowest BCUT2D eigenvalue weighted by atomic mass is 9.96. The zero-order valence-electron chi connectivity index (χ0n) is 12.9. The van der Waals surface area contributed by atoms with Crippen LogP contribution in [-0.4, -0.2) is 51.5 Å². The van der Waals surface area contributed by atoms with Gasteiger partial charge in [0.2, 0.25) is 0 Å². The molecule has 6 heteroatoms. The normalized spacial score (nSPS) is 23.0. The molecular weight excluding hydrogens is 266 g/mol. The fourth-order valence-corrected chi connectivity index (χ4v) is 3.18. The molecule has 3 rings (SSSR count). The van der Waals surface area contributed by atoms with E-state index in [1.807, 2.05) is 6.92 Å². The van der Waals surface area contributed by atoms with E-state index in [1.165, 1.54) is 5.69 Å². The van der Waals surface area contributed by atoms with E-state index in [4.69, 9.17) is 4.74 Å². The van der Waals surface area contributed by atoms with E-state index >= 15 is 0 Å². The van der Waals surface area contributed by atoms with Gasteiger partial charge in [0, 0.05) is 57.5 Å². The van der Waals surface area contributed by atoms with E-state index in [0.29, 0.717) is 11.8 Å². The van der Waals surface area contributed by atoms with Crippen molar-refractivity contribution in [3.05, 3.63) is 35.7 Å². The van der Waals surface area contributed by atoms with Crippen molar-refractivity contribution < 1.29 is 4.74 Å². The first-order valence-electron chi connectivity index (χ1n) is 7.37. The summed E-state index contributed by atoms with van der Waals surface area (Å²) in [5.41, 5.74) is 1.33. The number of likely N-dealkylation sites (tertiary alicyclic amines) is 1. The molecule has 0 saturated carbocycles. The Hall–Kier alpha value is -1.66. The van der Waals surface area contributed by atoms with Gasteiger partial charge in [-0.3, -0.25) is 10.00 Å². The van der Waals surface area contributed by atoms with Crippen LogP contribution < -0.4 is 0 Å². The van der Waals surface area contributed by atoms with E-state index < -0.39 is 0 Å². The van der Waals surface area contributed by atoms with Gasteiger partial charge in [0.05, 0.1) is 6.61 Å². The Morgan fingerprint density at radius 1 is 1.43 bits per heavy atom. The third kappa shape index (κ3) is 3.01. The van der Waals surface area contributed by atoms with Crippen LogP contribution in [0.4, 0.5) is 0 Å². The zero-order valence-corrected chi connectivity index (χ0v) is 12.9. The molecule has 0 bridgehead atoms. The Balaban J connectivity index is 1.73. The predicted octanol–water partition coefficient (Wildman–Crippen LogP) is 1.31. The van der Waals surface area contributed by atoms with Gasteiger partial charge >= 0.3 is 0 Å². The summed E-state index contributed by atoms with van der Waals surface area (Å²) in [5.74, 6) is 2.59. The summed E-state index contributed by atoms with van der Waals surface area (Å²) in [7, 11) is 3.86. The molecule has 0 spiro atoms. The lowest BCUT2D eigenvalue weighted by Crippen LogP contribution is -2.22. The lowest BCUT2D eigenvalue weighted by molar-refractivity contribution is 0.146. The van der Waals surface area contributed by atoms with Crippen molar-refractivity contribution in [1.82, 2.24) is 24.6 Å². The van der Waals surface area contributed by atoms with Gasteiger partial charge in [-0.1, -0.05) is 0 Å². The summed E-state index contributed by atoms with van der Waals surface area (Å²) in [5, 5.41) is 7.31. The number of methoxy groups -OCH3 is 1. The minimum Gasteiger partial charge on any atom is -0.384 e. The fraction of sp³-hybridized carbons (Fsp3) is 0.600. The number of aryl methyl sites for hydroxylation is 2. The molecule has 2 aromatic heterocycles. The molecule has 0 aromatic carbocycles. The molecule has 114 valence electrons. The quantitative estimate of drug-likeness (QED) is 0.902. The van der Waals surface area contributed by atoms with Crippen molar-refractivity contribution in [1.29, 1.82) is 0 Å². The van der Waals surface area contributed by atoms with Crippen LogP contribution in [0.25, 0.3) is 0 Å². The molecule has 2 aromatic rings. The zero-order chi connectivity index (χ0) is 14.8. The maximum Gasteiger partial charge on any atom is 0.155 e. The molecule has 0 unspecified atom stereocenters. The molecule has 6 nitrogen and oxygen atoms in total. The number of hydrogen-bond donors (Lipinski definition) is 1. The van der Waals surface area contributed by atoms with Gasteiger partial charge in [-0.15, -0.1) is 0 Å². The van der Waals surface area contributed by atoms with E-state index in [9.17, 15) is 0 Å². The van der Waals surface area contributed by atoms with Gasteiger partial charge in [0.15, 0.2) is 5.82 Å². The predicted molar refractivity (Wildman–Crippen MR) is 79.9 cm³/mol. The molecule has 0 aliphatic carbocycles. The lowest BCUT2D eigenvalue weighted by Gasteiger charge is -2.16. The first-order chi connectivity index (χ1) is 10.2. The Labute approximate surface area is 125 Å². The van der Waals surface area contributed by atoms with Crippen LogP contribution in [0, 0.1) is 12.8 Å². The van der Waals surface area contributed by atoms with Crippen molar-refractivity contribution in [3.63, 3.8) is 0 Å². The minimum absolute atomic E-state index is 0.343. The molecule has 2 atom stereocenters. The number of nitrogens with zero attached hydrogens (tertiary/aromatic N) is 4. The summed E-state index contributed by atoms with van der Waals surface area (Å²) < 4.78 is 7.57. The van der Waals surface area contributed by atoms with Gasteiger partial charge < -0.3 is 9.30 Å². The molecule has 1 aliphatic heterocycles. The smallest absolute Gasteiger partial charge is 0.155 e. The third-order valence-electron chi connectivity index (χ3n) is 4.28. The Kier molecular flexibility index (Phi) is 4.07. The molecule has 1 saturated heterocycles. The topological polar surface area (TPSA) is 59.0 Å². The summed E-state index contributed by atoms with van der Waals surface area (Å²) in [6, 6.07) is 4.27. The molecule has 0 amide bonds. The summed E-state index contributed by atoms with van der Waals surface area (Å²) in [6.45, 7) is 5.66. The van der Waals surface area contributed by atoms with Crippen molar-refractivity contribution in [2.45, 2.75) is 19.4 Å². The monoisotopic (exact) mass is 289 g/mol. The maximum atomic E-state index is 5.39. The Morgan fingerprint density at radius 3 is 2.90 bits per heavy atom. The van der Waals surface area contributed by atoms with Gasteiger partial charge in [-0.25, -0.2) is 4.98 Å². The van der Waals surface area contributed by atoms with Crippen molar-refractivity contribution in [3.8, 4) is 0 Å². The number of ether oxygens (including phenoxy) is 1. The molecule has 1 aliphatic rings. The van der Waals surface area contributed by atoms with E-state index in [2.05, 4.69) is 50.0 Å². The number of aromatic amines is 1. The van der Waals surface area contributed by atoms with Crippen LogP contribution in [0.1, 0.15) is 23.3 Å². The van der Waals surface area contributed by atoms with E-state index in [1.54, 1.807) is 7.11 Å². The second kappa shape index (κ2) is 5.99. The molecule has 1 fully saturated rings. The maximum absolute atomic E-state index is 5.39. The van der Waals surface area contributed by atoms with Crippen molar-refractivity contribution in [2.24, 2.45) is 13.0 Å². The summed E-state index contributed by atoms with van der Waals surface area (Å²) >= 11 is 0. The largest absolute Gasteiger partial charge is 0.384 e. The van der Waals surface area contributed by atoms with Crippen molar-refractivity contribution >= 4 is 0 Å². The first-order valence-corrected chi connectivity index (χ1v) is 7.37.